The third-order valence-electron chi connectivity index (χ3n) is 2.33. The Kier molecular flexibility index (Phi) is 3.15. The molecular formula is C12H12ClNO2. The predicted octanol–water partition coefficient (Wildman–Crippen LogP) is 2.79. The van der Waals surface area contributed by atoms with Gasteiger partial charge in [0.1, 0.15) is 11.8 Å². The average Bonchev–Trinajstić information content (AvgIpc) is 2.72. The highest BCUT2D eigenvalue weighted by Crippen LogP contribution is 2.20. The van der Waals surface area contributed by atoms with Crippen molar-refractivity contribution in [1.29, 1.82) is 0 Å². The second kappa shape index (κ2) is 4.58. The maximum absolute atomic E-state index is 11.9. The third kappa shape index (κ3) is 2.04. The van der Waals surface area contributed by atoms with Gasteiger partial charge in [-0.3, -0.25) is 4.79 Å². The van der Waals surface area contributed by atoms with Crippen molar-refractivity contribution in [2.45, 2.75) is 13.0 Å². The number of carbonyl (C=O) groups is 1. The van der Waals surface area contributed by atoms with Crippen LogP contribution in [-0.2, 0) is 0 Å². The molecule has 0 saturated heterocycles. The van der Waals surface area contributed by atoms with Gasteiger partial charge in [-0.25, -0.2) is 0 Å². The molecule has 2 rings (SSSR count). The SMILES string of the molecule is CC(CCl)NC(=O)c1coc2ccccc12. The highest BCUT2D eigenvalue weighted by molar-refractivity contribution is 6.18. The van der Waals surface area contributed by atoms with Gasteiger partial charge in [-0.2, -0.15) is 0 Å². The summed E-state index contributed by atoms with van der Waals surface area (Å²) in [5.74, 6) is 0.236. The molecule has 0 aliphatic carbocycles. The Morgan fingerprint density at radius 3 is 3.00 bits per heavy atom. The van der Waals surface area contributed by atoms with Crippen LogP contribution in [0, 0.1) is 0 Å². The maximum Gasteiger partial charge on any atom is 0.255 e. The molecule has 0 bridgehead atoms. The summed E-state index contributed by atoms with van der Waals surface area (Å²) in [5, 5.41) is 3.61. The molecule has 0 fully saturated rings. The van der Waals surface area contributed by atoms with E-state index in [1.165, 1.54) is 6.26 Å². The van der Waals surface area contributed by atoms with Gasteiger partial charge in [-0.15, -0.1) is 11.6 Å². The van der Waals surface area contributed by atoms with E-state index in [1.807, 2.05) is 31.2 Å². The summed E-state index contributed by atoms with van der Waals surface area (Å²) in [5.41, 5.74) is 1.26. The van der Waals surface area contributed by atoms with Crippen molar-refractivity contribution >= 4 is 28.5 Å². The molecule has 2 aromatic rings. The Balaban J connectivity index is 2.30. The fraction of sp³-hybridized carbons (Fsp3) is 0.250. The van der Waals surface area contributed by atoms with Crippen molar-refractivity contribution in [2.75, 3.05) is 5.88 Å². The molecule has 1 heterocycles. The second-order valence-corrected chi connectivity index (χ2v) is 3.98. The lowest BCUT2D eigenvalue weighted by Crippen LogP contribution is -2.33. The molecule has 16 heavy (non-hydrogen) atoms. The summed E-state index contributed by atoms with van der Waals surface area (Å²) in [4.78, 5) is 11.9. The van der Waals surface area contributed by atoms with E-state index in [-0.39, 0.29) is 11.9 Å². The Bertz CT molecular complexity index is 506. The molecule has 1 N–H and O–H groups in total. The van der Waals surface area contributed by atoms with Crippen LogP contribution in [0.2, 0.25) is 0 Å². The van der Waals surface area contributed by atoms with Crippen molar-refractivity contribution < 1.29 is 9.21 Å². The first-order chi connectivity index (χ1) is 7.72. The van der Waals surface area contributed by atoms with Crippen LogP contribution >= 0.6 is 11.6 Å². The number of hydrogen-bond acceptors (Lipinski definition) is 2. The molecule has 1 aromatic heterocycles. The first-order valence-electron chi connectivity index (χ1n) is 5.05. The molecule has 0 aliphatic rings. The lowest BCUT2D eigenvalue weighted by molar-refractivity contribution is 0.0944. The Morgan fingerprint density at radius 2 is 2.25 bits per heavy atom. The van der Waals surface area contributed by atoms with Crippen LogP contribution < -0.4 is 5.32 Å². The zero-order chi connectivity index (χ0) is 11.5. The van der Waals surface area contributed by atoms with Gasteiger partial charge in [0.05, 0.1) is 5.56 Å². The number of amides is 1. The first kappa shape index (κ1) is 11.0. The van der Waals surface area contributed by atoms with E-state index >= 15 is 0 Å². The van der Waals surface area contributed by atoms with Crippen LogP contribution in [-0.4, -0.2) is 17.8 Å². The van der Waals surface area contributed by atoms with E-state index in [2.05, 4.69) is 5.32 Å². The van der Waals surface area contributed by atoms with Gasteiger partial charge in [0.25, 0.3) is 5.91 Å². The first-order valence-corrected chi connectivity index (χ1v) is 5.59. The number of carbonyl (C=O) groups excluding carboxylic acids is 1. The van der Waals surface area contributed by atoms with Crippen molar-refractivity contribution in [3.05, 3.63) is 36.1 Å². The van der Waals surface area contributed by atoms with Gasteiger partial charge >= 0.3 is 0 Å². The summed E-state index contributed by atoms with van der Waals surface area (Å²) < 4.78 is 5.29. The summed E-state index contributed by atoms with van der Waals surface area (Å²) >= 11 is 5.64. The summed E-state index contributed by atoms with van der Waals surface area (Å²) in [6, 6.07) is 7.38. The molecule has 0 radical (unpaired) electrons. The van der Waals surface area contributed by atoms with Gasteiger partial charge in [0, 0.05) is 17.3 Å². The van der Waals surface area contributed by atoms with Crippen LogP contribution in [0.4, 0.5) is 0 Å². The molecule has 1 unspecified atom stereocenters. The Labute approximate surface area is 98.4 Å². The summed E-state index contributed by atoms with van der Waals surface area (Å²) in [7, 11) is 0. The minimum atomic E-state index is -0.155. The van der Waals surface area contributed by atoms with E-state index in [4.69, 9.17) is 16.0 Å². The fourth-order valence-electron chi connectivity index (χ4n) is 1.49. The molecule has 4 heteroatoms. The molecule has 84 valence electrons. The van der Waals surface area contributed by atoms with Crippen molar-refractivity contribution in [1.82, 2.24) is 5.32 Å². The molecular weight excluding hydrogens is 226 g/mol. The van der Waals surface area contributed by atoms with Crippen LogP contribution in [0.1, 0.15) is 17.3 Å². The summed E-state index contributed by atoms with van der Waals surface area (Å²) in [6.45, 7) is 1.85. The van der Waals surface area contributed by atoms with E-state index in [1.54, 1.807) is 0 Å². The highest BCUT2D eigenvalue weighted by Gasteiger charge is 2.14. The number of alkyl halides is 1. The van der Waals surface area contributed by atoms with Gasteiger partial charge in [0.2, 0.25) is 0 Å². The zero-order valence-corrected chi connectivity index (χ0v) is 9.62. The van der Waals surface area contributed by atoms with E-state index in [9.17, 15) is 4.79 Å². The van der Waals surface area contributed by atoms with E-state index < -0.39 is 0 Å². The standard InChI is InChI=1S/C12H12ClNO2/c1-8(6-13)14-12(15)10-7-16-11-5-3-2-4-9(10)11/h2-5,7-8H,6H2,1H3,(H,14,15). The number of furan rings is 1. The van der Waals surface area contributed by atoms with Gasteiger partial charge in [-0.05, 0) is 13.0 Å². The molecule has 0 saturated carbocycles. The molecule has 0 aliphatic heterocycles. The van der Waals surface area contributed by atoms with E-state index in [0.717, 1.165) is 5.39 Å². The number of nitrogens with one attached hydrogen (secondary N) is 1. The molecule has 1 amide bonds. The van der Waals surface area contributed by atoms with Gasteiger partial charge < -0.3 is 9.73 Å². The van der Waals surface area contributed by atoms with Crippen LogP contribution in [0.3, 0.4) is 0 Å². The molecule has 1 atom stereocenters. The molecule has 3 nitrogen and oxygen atoms in total. The smallest absolute Gasteiger partial charge is 0.255 e. The monoisotopic (exact) mass is 237 g/mol. The van der Waals surface area contributed by atoms with Gasteiger partial charge in [0.15, 0.2) is 0 Å². The van der Waals surface area contributed by atoms with Crippen molar-refractivity contribution in [3.8, 4) is 0 Å². The van der Waals surface area contributed by atoms with E-state index in [0.29, 0.717) is 17.0 Å². The number of rotatable bonds is 3. The minimum absolute atomic E-state index is 0.0529. The quantitative estimate of drug-likeness (QED) is 0.835. The normalized spacial score (nSPS) is 12.6. The fourth-order valence-corrected chi connectivity index (χ4v) is 1.57. The lowest BCUT2D eigenvalue weighted by Gasteiger charge is -2.08. The largest absolute Gasteiger partial charge is 0.463 e. The molecule has 0 spiro atoms. The summed E-state index contributed by atoms with van der Waals surface area (Å²) in [6.07, 6.45) is 1.47. The number of para-hydroxylation sites is 1. The number of benzene rings is 1. The Hall–Kier alpha value is -1.48. The predicted molar refractivity (Wildman–Crippen MR) is 63.9 cm³/mol. The van der Waals surface area contributed by atoms with Crippen LogP contribution in [0.15, 0.2) is 34.9 Å². The Morgan fingerprint density at radius 1 is 1.50 bits per heavy atom. The average molecular weight is 238 g/mol. The maximum atomic E-state index is 11.9. The third-order valence-corrected chi connectivity index (χ3v) is 2.80. The molecule has 1 aromatic carbocycles. The van der Waals surface area contributed by atoms with Gasteiger partial charge in [-0.1, -0.05) is 18.2 Å². The highest BCUT2D eigenvalue weighted by atomic mass is 35.5. The van der Waals surface area contributed by atoms with Crippen LogP contribution in [0.5, 0.6) is 0 Å². The topological polar surface area (TPSA) is 42.2 Å². The zero-order valence-electron chi connectivity index (χ0n) is 8.87. The lowest BCUT2D eigenvalue weighted by atomic mass is 10.1. The number of halogens is 1. The second-order valence-electron chi connectivity index (χ2n) is 3.67. The number of hydrogen-bond donors (Lipinski definition) is 1. The van der Waals surface area contributed by atoms with Crippen LogP contribution in [0.25, 0.3) is 11.0 Å². The number of fused-ring (bicyclic) bond motifs is 1. The van der Waals surface area contributed by atoms with Crippen molar-refractivity contribution in [2.24, 2.45) is 0 Å². The minimum Gasteiger partial charge on any atom is -0.463 e. The van der Waals surface area contributed by atoms with Crippen molar-refractivity contribution in [3.63, 3.8) is 0 Å².